The molecule has 0 unspecified atom stereocenters. The smallest absolute Gasteiger partial charge is 0.259 e. The summed E-state index contributed by atoms with van der Waals surface area (Å²) < 4.78 is 11.2. The predicted molar refractivity (Wildman–Crippen MR) is 86.5 cm³/mol. The first kappa shape index (κ1) is 17.3. The van der Waals surface area contributed by atoms with Crippen molar-refractivity contribution < 1.29 is 19.1 Å². The minimum atomic E-state index is -0.780. The molecule has 23 heavy (non-hydrogen) atoms. The molecule has 1 N–H and O–H groups in total. The van der Waals surface area contributed by atoms with Gasteiger partial charge >= 0.3 is 0 Å². The van der Waals surface area contributed by atoms with Crippen molar-refractivity contribution in [1.82, 2.24) is 5.32 Å². The highest BCUT2D eigenvalue weighted by Gasteiger charge is 2.35. The maximum Gasteiger partial charge on any atom is 0.259 e. The first-order valence-corrected chi connectivity index (χ1v) is 8.00. The van der Waals surface area contributed by atoms with E-state index in [9.17, 15) is 14.9 Å². The zero-order valence-corrected chi connectivity index (χ0v) is 14.3. The molecule has 1 aromatic rings. The van der Waals surface area contributed by atoms with E-state index >= 15 is 0 Å². The summed E-state index contributed by atoms with van der Waals surface area (Å²) in [4.78, 5) is 23.0. The monoisotopic (exact) mass is 380 g/mol. The van der Waals surface area contributed by atoms with Crippen molar-refractivity contribution in [1.29, 1.82) is 5.26 Å². The molecule has 1 fully saturated rings. The van der Waals surface area contributed by atoms with Gasteiger partial charge in [-0.3, -0.25) is 9.59 Å². The topological polar surface area (TPSA) is 88.4 Å². The number of rotatable bonds is 6. The van der Waals surface area contributed by atoms with Gasteiger partial charge in [0.1, 0.15) is 5.54 Å². The van der Waals surface area contributed by atoms with Crippen molar-refractivity contribution >= 4 is 28.1 Å². The molecule has 122 valence electrons. The molecule has 6 nitrogen and oxygen atoms in total. The summed E-state index contributed by atoms with van der Waals surface area (Å²) >= 11 is 3.25. The SMILES string of the molecule is COc1cc(Br)c(C=O)cc1OCC(=O)NC1(C#N)CCCC1. The molecule has 0 saturated heterocycles. The Bertz CT molecular complexity index is 648. The fraction of sp³-hybridized carbons (Fsp3) is 0.438. The summed E-state index contributed by atoms with van der Waals surface area (Å²) in [5.41, 5.74) is -0.386. The van der Waals surface area contributed by atoms with Gasteiger partial charge < -0.3 is 14.8 Å². The number of amides is 1. The highest BCUT2D eigenvalue weighted by atomic mass is 79.9. The van der Waals surface area contributed by atoms with Gasteiger partial charge in [-0.05, 0) is 53.7 Å². The van der Waals surface area contributed by atoms with Gasteiger partial charge in [-0.1, -0.05) is 0 Å². The normalized spacial score (nSPS) is 15.5. The van der Waals surface area contributed by atoms with E-state index in [-0.39, 0.29) is 12.5 Å². The number of ether oxygens (including phenoxy) is 2. The van der Waals surface area contributed by atoms with Gasteiger partial charge in [0.05, 0.1) is 13.2 Å². The Morgan fingerprint density at radius 3 is 2.70 bits per heavy atom. The maximum atomic E-state index is 12.1. The van der Waals surface area contributed by atoms with Gasteiger partial charge in [0.25, 0.3) is 5.91 Å². The molecule has 1 aliphatic rings. The van der Waals surface area contributed by atoms with Gasteiger partial charge in [0.15, 0.2) is 24.4 Å². The second-order valence-corrected chi connectivity index (χ2v) is 6.23. The van der Waals surface area contributed by atoms with E-state index in [2.05, 4.69) is 27.3 Å². The molecule has 0 atom stereocenters. The average molecular weight is 381 g/mol. The van der Waals surface area contributed by atoms with Crippen LogP contribution in [0.2, 0.25) is 0 Å². The number of nitriles is 1. The molecular weight excluding hydrogens is 364 g/mol. The molecule has 2 rings (SSSR count). The van der Waals surface area contributed by atoms with Crippen molar-refractivity contribution in [2.24, 2.45) is 0 Å². The summed E-state index contributed by atoms with van der Waals surface area (Å²) in [6, 6.07) is 5.29. The zero-order chi connectivity index (χ0) is 16.9. The zero-order valence-electron chi connectivity index (χ0n) is 12.7. The molecule has 7 heteroatoms. The fourth-order valence-corrected chi connectivity index (χ4v) is 3.02. The Morgan fingerprint density at radius 1 is 1.43 bits per heavy atom. The van der Waals surface area contributed by atoms with E-state index in [1.165, 1.54) is 13.2 Å². The summed E-state index contributed by atoms with van der Waals surface area (Å²) in [5.74, 6) is 0.336. The molecule has 1 aromatic carbocycles. The molecule has 0 bridgehead atoms. The lowest BCUT2D eigenvalue weighted by Crippen LogP contribution is -2.47. The Morgan fingerprint density at radius 2 is 2.13 bits per heavy atom. The lowest BCUT2D eigenvalue weighted by molar-refractivity contribution is -0.124. The summed E-state index contributed by atoms with van der Waals surface area (Å²) in [5, 5.41) is 12.0. The number of benzene rings is 1. The number of halogens is 1. The van der Waals surface area contributed by atoms with Crippen LogP contribution in [0, 0.1) is 11.3 Å². The van der Waals surface area contributed by atoms with Crippen LogP contribution in [0.25, 0.3) is 0 Å². The standard InChI is InChI=1S/C16H17BrN2O4/c1-22-13-7-12(17)11(8-20)6-14(13)23-9-15(21)19-16(10-18)4-2-3-5-16/h6-8H,2-5,9H2,1H3,(H,19,21). The number of nitrogens with zero attached hydrogens (tertiary/aromatic N) is 1. The van der Waals surface area contributed by atoms with E-state index in [1.807, 2.05) is 0 Å². The molecule has 1 amide bonds. The van der Waals surface area contributed by atoms with Crippen LogP contribution in [0.5, 0.6) is 11.5 Å². The summed E-state index contributed by atoms with van der Waals surface area (Å²) in [6.45, 7) is -0.250. The van der Waals surface area contributed by atoms with Crippen molar-refractivity contribution in [3.05, 3.63) is 22.2 Å². The number of aldehydes is 1. The molecule has 0 heterocycles. The number of hydrogen-bond acceptors (Lipinski definition) is 5. The van der Waals surface area contributed by atoms with Crippen LogP contribution in [0.4, 0.5) is 0 Å². The second kappa shape index (κ2) is 7.47. The van der Waals surface area contributed by atoms with Crippen LogP contribution in [-0.4, -0.2) is 31.4 Å². The van der Waals surface area contributed by atoms with Crippen LogP contribution in [0.3, 0.4) is 0 Å². The Balaban J connectivity index is 2.04. The predicted octanol–water partition coefficient (Wildman–Crippen LogP) is 2.60. The van der Waals surface area contributed by atoms with Crippen LogP contribution < -0.4 is 14.8 Å². The van der Waals surface area contributed by atoms with Gasteiger partial charge in [-0.25, -0.2) is 0 Å². The van der Waals surface area contributed by atoms with Gasteiger partial charge in [0.2, 0.25) is 0 Å². The lowest BCUT2D eigenvalue weighted by Gasteiger charge is -2.22. The Labute approximate surface area is 142 Å². The highest BCUT2D eigenvalue weighted by molar-refractivity contribution is 9.10. The first-order valence-electron chi connectivity index (χ1n) is 7.21. The molecule has 1 saturated carbocycles. The first-order chi connectivity index (χ1) is 11.0. The summed E-state index contributed by atoms with van der Waals surface area (Å²) in [7, 11) is 1.47. The largest absolute Gasteiger partial charge is 0.493 e. The third-order valence-corrected chi connectivity index (χ3v) is 4.51. The van der Waals surface area contributed by atoms with Crippen LogP contribution in [-0.2, 0) is 4.79 Å². The number of methoxy groups -OCH3 is 1. The second-order valence-electron chi connectivity index (χ2n) is 5.38. The third-order valence-electron chi connectivity index (χ3n) is 3.82. The van der Waals surface area contributed by atoms with E-state index in [0.717, 1.165) is 12.8 Å². The van der Waals surface area contributed by atoms with Crippen LogP contribution in [0.15, 0.2) is 16.6 Å². The Kier molecular flexibility index (Phi) is 5.61. The molecular formula is C16H17BrN2O4. The van der Waals surface area contributed by atoms with Gasteiger partial charge in [-0.2, -0.15) is 5.26 Å². The number of nitrogens with one attached hydrogen (secondary N) is 1. The molecule has 1 aliphatic carbocycles. The number of hydrogen-bond donors (Lipinski definition) is 1. The van der Waals surface area contributed by atoms with Crippen molar-refractivity contribution in [3.8, 4) is 17.6 Å². The molecule has 0 radical (unpaired) electrons. The van der Waals surface area contributed by atoms with E-state index in [0.29, 0.717) is 40.7 Å². The molecule has 0 aromatic heterocycles. The van der Waals surface area contributed by atoms with E-state index in [1.54, 1.807) is 6.07 Å². The quantitative estimate of drug-likeness (QED) is 0.766. The van der Waals surface area contributed by atoms with Crippen molar-refractivity contribution in [3.63, 3.8) is 0 Å². The summed E-state index contributed by atoms with van der Waals surface area (Å²) in [6.07, 6.45) is 3.85. The molecule has 0 aliphatic heterocycles. The lowest BCUT2D eigenvalue weighted by atomic mass is 10.00. The van der Waals surface area contributed by atoms with Crippen molar-refractivity contribution in [2.75, 3.05) is 13.7 Å². The molecule has 0 spiro atoms. The number of carbonyl (C=O) groups excluding carboxylic acids is 2. The van der Waals surface area contributed by atoms with Crippen LogP contribution in [0.1, 0.15) is 36.0 Å². The van der Waals surface area contributed by atoms with E-state index < -0.39 is 5.54 Å². The fourth-order valence-electron chi connectivity index (χ4n) is 2.60. The average Bonchev–Trinajstić information content (AvgIpc) is 3.02. The van der Waals surface area contributed by atoms with Crippen molar-refractivity contribution in [2.45, 2.75) is 31.2 Å². The third kappa shape index (κ3) is 4.02. The maximum absolute atomic E-state index is 12.1. The minimum absolute atomic E-state index is 0.250. The van der Waals surface area contributed by atoms with Gasteiger partial charge in [0, 0.05) is 10.0 Å². The minimum Gasteiger partial charge on any atom is -0.493 e. The Hall–Kier alpha value is -2.07. The number of carbonyl (C=O) groups is 2. The van der Waals surface area contributed by atoms with E-state index in [4.69, 9.17) is 9.47 Å². The van der Waals surface area contributed by atoms with Gasteiger partial charge in [-0.15, -0.1) is 0 Å². The highest BCUT2D eigenvalue weighted by Crippen LogP contribution is 2.33. The van der Waals surface area contributed by atoms with Crippen LogP contribution >= 0.6 is 15.9 Å².